The molecule has 0 atom stereocenters. The second kappa shape index (κ2) is 4.70. The van der Waals surface area contributed by atoms with Gasteiger partial charge in [0.05, 0.1) is 28.9 Å². The zero-order valence-electron chi connectivity index (χ0n) is 9.26. The van der Waals surface area contributed by atoms with E-state index in [2.05, 4.69) is 10.2 Å². The van der Waals surface area contributed by atoms with Gasteiger partial charge in [0, 0.05) is 26.2 Å². The van der Waals surface area contributed by atoms with Gasteiger partial charge >= 0.3 is 0 Å². The molecule has 0 radical (unpaired) electrons. The summed E-state index contributed by atoms with van der Waals surface area (Å²) in [5, 5.41) is 4.47. The molecule has 0 bridgehead atoms. The second-order valence-electron chi connectivity index (χ2n) is 3.86. The Hall–Kier alpha value is -0.640. The van der Waals surface area contributed by atoms with Gasteiger partial charge in [0.2, 0.25) is 0 Å². The van der Waals surface area contributed by atoms with E-state index in [1.807, 2.05) is 13.1 Å². The van der Waals surface area contributed by atoms with Crippen molar-refractivity contribution in [2.24, 2.45) is 0 Å². The maximum Gasteiger partial charge on any atom is 0.139 e. The molecule has 2 rings (SSSR count). The summed E-state index contributed by atoms with van der Waals surface area (Å²) in [4.78, 5) is 2.14. The minimum Gasteiger partial charge on any atom is -0.495 e. The Morgan fingerprint density at radius 3 is 2.50 bits per heavy atom. The van der Waals surface area contributed by atoms with Crippen LogP contribution in [0.4, 0.5) is 5.69 Å². The highest BCUT2D eigenvalue weighted by atomic mass is 35.5. The normalized spacial score (nSPS) is 15.8. The van der Waals surface area contributed by atoms with Gasteiger partial charge in [0.1, 0.15) is 5.75 Å². The Labute approximate surface area is 105 Å². The number of halogens is 2. The summed E-state index contributed by atoms with van der Waals surface area (Å²) in [6.07, 6.45) is 0. The van der Waals surface area contributed by atoms with Crippen molar-refractivity contribution in [3.05, 3.63) is 22.2 Å². The van der Waals surface area contributed by atoms with Gasteiger partial charge in [0.15, 0.2) is 0 Å². The van der Waals surface area contributed by atoms with Crippen LogP contribution in [0.5, 0.6) is 5.75 Å². The Bertz CT molecular complexity index is 394. The first kappa shape index (κ1) is 11.8. The van der Waals surface area contributed by atoms with Gasteiger partial charge in [-0.25, -0.2) is 0 Å². The third-order valence-electron chi connectivity index (χ3n) is 2.91. The number of nitrogens with zero attached hydrogens (tertiary/aromatic N) is 1. The third kappa shape index (κ3) is 2.08. The first-order chi connectivity index (χ1) is 7.63. The predicted molar refractivity (Wildman–Crippen MR) is 68.1 cm³/mol. The van der Waals surface area contributed by atoms with E-state index < -0.39 is 0 Å². The van der Waals surface area contributed by atoms with Crippen molar-refractivity contribution in [1.29, 1.82) is 0 Å². The van der Waals surface area contributed by atoms with Crippen LogP contribution in [-0.2, 0) is 0 Å². The zero-order valence-corrected chi connectivity index (χ0v) is 10.8. The van der Waals surface area contributed by atoms with Crippen LogP contribution >= 0.6 is 23.2 Å². The maximum atomic E-state index is 6.20. The van der Waals surface area contributed by atoms with Crippen molar-refractivity contribution >= 4 is 28.9 Å². The van der Waals surface area contributed by atoms with Gasteiger partial charge in [-0.15, -0.1) is 0 Å². The summed E-state index contributed by atoms with van der Waals surface area (Å²) in [6.45, 7) is 1.97. The molecular weight excluding hydrogens is 247 g/mol. The van der Waals surface area contributed by atoms with Crippen molar-refractivity contribution in [3.8, 4) is 5.75 Å². The molecule has 1 aliphatic rings. The Kier molecular flexibility index (Phi) is 3.47. The maximum absolute atomic E-state index is 6.20. The fourth-order valence-electron chi connectivity index (χ4n) is 1.69. The smallest absolute Gasteiger partial charge is 0.139 e. The molecule has 5 heteroatoms. The molecule has 1 heterocycles. The van der Waals surface area contributed by atoms with E-state index >= 15 is 0 Å². The minimum atomic E-state index is 0.488. The lowest BCUT2D eigenvalue weighted by atomic mass is 10.1. The highest BCUT2D eigenvalue weighted by molar-refractivity contribution is 6.36. The van der Waals surface area contributed by atoms with Crippen molar-refractivity contribution in [2.75, 3.05) is 32.1 Å². The first-order valence-corrected chi connectivity index (χ1v) is 5.85. The van der Waals surface area contributed by atoms with Crippen LogP contribution in [0.2, 0.25) is 10.0 Å². The van der Waals surface area contributed by atoms with Gasteiger partial charge in [-0.1, -0.05) is 23.2 Å². The Morgan fingerprint density at radius 1 is 1.31 bits per heavy atom. The predicted octanol–water partition coefficient (Wildman–Crippen LogP) is 2.41. The number of methoxy groups -OCH3 is 1. The number of nitrogens with one attached hydrogen (secondary N) is 1. The lowest BCUT2D eigenvalue weighted by Gasteiger charge is -2.37. The summed E-state index contributed by atoms with van der Waals surface area (Å²) >= 11 is 12.3. The van der Waals surface area contributed by atoms with Crippen LogP contribution < -0.4 is 15.0 Å². The van der Waals surface area contributed by atoms with Gasteiger partial charge in [0.25, 0.3) is 0 Å². The number of hydrogen-bond donors (Lipinski definition) is 1. The van der Waals surface area contributed by atoms with Crippen molar-refractivity contribution < 1.29 is 4.74 Å². The average molecular weight is 261 g/mol. The van der Waals surface area contributed by atoms with Gasteiger partial charge in [-0.2, -0.15) is 0 Å². The molecule has 1 saturated heterocycles. The molecule has 1 N–H and O–H groups in total. The van der Waals surface area contributed by atoms with Crippen molar-refractivity contribution in [1.82, 2.24) is 5.32 Å². The molecule has 0 aliphatic carbocycles. The van der Waals surface area contributed by atoms with E-state index in [1.54, 1.807) is 13.2 Å². The van der Waals surface area contributed by atoms with Gasteiger partial charge in [-0.05, 0) is 6.07 Å². The molecule has 16 heavy (non-hydrogen) atoms. The van der Waals surface area contributed by atoms with Crippen molar-refractivity contribution in [3.63, 3.8) is 0 Å². The van der Waals surface area contributed by atoms with E-state index in [4.69, 9.17) is 27.9 Å². The number of rotatable bonds is 3. The number of ether oxygens (including phenoxy) is 1. The number of likely N-dealkylation sites (N-methyl/N-ethyl adjacent to an activating group) is 1. The molecule has 0 unspecified atom stereocenters. The monoisotopic (exact) mass is 260 g/mol. The van der Waals surface area contributed by atoms with E-state index in [9.17, 15) is 0 Å². The fourth-order valence-corrected chi connectivity index (χ4v) is 2.21. The molecule has 0 spiro atoms. The van der Waals surface area contributed by atoms with Gasteiger partial charge in [-0.3, -0.25) is 0 Å². The van der Waals surface area contributed by atoms with Crippen LogP contribution in [-0.4, -0.2) is 33.3 Å². The molecule has 88 valence electrons. The first-order valence-electron chi connectivity index (χ1n) is 5.10. The third-order valence-corrected chi connectivity index (χ3v) is 3.51. The summed E-state index contributed by atoms with van der Waals surface area (Å²) in [6, 6.07) is 4.09. The molecule has 0 amide bonds. The molecule has 1 fully saturated rings. The molecule has 1 aromatic rings. The summed E-state index contributed by atoms with van der Waals surface area (Å²) in [7, 11) is 3.60. The molecular formula is C11H14Cl2N2O. The quantitative estimate of drug-likeness (QED) is 0.904. The van der Waals surface area contributed by atoms with Crippen LogP contribution in [0.3, 0.4) is 0 Å². The van der Waals surface area contributed by atoms with Crippen LogP contribution in [0.15, 0.2) is 12.1 Å². The van der Waals surface area contributed by atoms with Crippen LogP contribution in [0, 0.1) is 0 Å². The average Bonchev–Trinajstić information content (AvgIpc) is 2.18. The zero-order chi connectivity index (χ0) is 11.7. The molecule has 3 nitrogen and oxygen atoms in total. The van der Waals surface area contributed by atoms with Crippen LogP contribution in [0.25, 0.3) is 0 Å². The van der Waals surface area contributed by atoms with Gasteiger partial charge < -0.3 is 15.0 Å². The number of benzene rings is 1. The minimum absolute atomic E-state index is 0.488. The fraction of sp³-hybridized carbons (Fsp3) is 0.455. The molecule has 1 aliphatic heterocycles. The summed E-state index contributed by atoms with van der Waals surface area (Å²) < 4.78 is 5.11. The topological polar surface area (TPSA) is 24.5 Å². The van der Waals surface area contributed by atoms with E-state index in [1.165, 1.54) is 0 Å². The SMILES string of the molecule is COc1cc(Cl)c(N(C)C2CNC2)cc1Cl. The van der Waals surface area contributed by atoms with E-state index in [0.29, 0.717) is 21.8 Å². The van der Waals surface area contributed by atoms with Crippen LogP contribution in [0.1, 0.15) is 0 Å². The Morgan fingerprint density at radius 2 is 2.00 bits per heavy atom. The number of anilines is 1. The summed E-state index contributed by atoms with van der Waals surface area (Å²) in [5.41, 5.74) is 0.943. The lowest BCUT2D eigenvalue weighted by Crippen LogP contribution is -2.56. The second-order valence-corrected chi connectivity index (χ2v) is 4.68. The number of hydrogen-bond acceptors (Lipinski definition) is 3. The van der Waals surface area contributed by atoms with E-state index in [0.717, 1.165) is 18.8 Å². The molecule has 0 aromatic heterocycles. The largest absolute Gasteiger partial charge is 0.495 e. The lowest BCUT2D eigenvalue weighted by molar-refractivity contribution is 0.414. The highest BCUT2D eigenvalue weighted by Crippen LogP contribution is 2.36. The molecule has 1 aromatic carbocycles. The molecule has 0 saturated carbocycles. The highest BCUT2D eigenvalue weighted by Gasteiger charge is 2.23. The summed E-state index contributed by atoms with van der Waals surface area (Å²) in [5.74, 6) is 0.607. The van der Waals surface area contributed by atoms with Crippen molar-refractivity contribution in [2.45, 2.75) is 6.04 Å². The standard InChI is InChI=1S/C11H14Cl2N2O/c1-15(7-5-14-6-7)10-3-9(13)11(16-2)4-8(10)12/h3-4,7,14H,5-6H2,1-2H3. The van der Waals surface area contributed by atoms with E-state index in [-0.39, 0.29) is 0 Å². The Balaban J connectivity index is 2.29.